The average Bonchev–Trinajstić information content (AvgIpc) is 3.04. The SMILES string of the molecule is Cc1ccc(/C=C/C(=O)OC(C)C(=O)Nc2ccc([N+](=O)[O-])cc2C(F)(F)F)o1. The molecule has 1 atom stereocenters. The molecule has 2 aromatic rings. The lowest BCUT2D eigenvalue weighted by molar-refractivity contribution is -0.385. The number of furan rings is 1. The molecular formula is C18H15F3N2O6. The zero-order valence-electron chi connectivity index (χ0n) is 15.1. The van der Waals surface area contributed by atoms with E-state index in [2.05, 4.69) is 0 Å². The third-order valence-electron chi connectivity index (χ3n) is 3.58. The second-order valence-corrected chi connectivity index (χ2v) is 5.83. The number of alkyl halides is 3. The quantitative estimate of drug-likeness (QED) is 0.331. The normalized spacial score (nSPS) is 12.6. The number of nitrogens with one attached hydrogen (secondary N) is 1. The number of halogens is 3. The number of benzene rings is 1. The van der Waals surface area contributed by atoms with Gasteiger partial charge in [-0.3, -0.25) is 14.9 Å². The van der Waals surface area contributed by atoms with Crippen LogP contribution in [0.3, 0.4) is 0 Å². The molecule has 11 heteroatoms. The standard InChI is InChI=1S/C18H15F3N2O6/c1-10-3-5-13(28-10)6-8-16(24)29-11(2)17(25)22-15-7-4-12(23(26)27)9-14(15)18(19,20)21/h3-9,11H,1-2H3,(H,22,25)/b8-6+. The number of non-ortho nitro benzene ring substituents is 1. The zero-order chi connectivity index (χ0) is 21.8. The second-order valence-electron chi connectivity index (χ2n) is 5.83. The first-order valence-corrected chi connectivity index (χ1v) is 8.09. The molecule has 0 saturated heterocycles. The van der Waals surface area contributed by atoms with Crippen molar-refractivity contribution >= 4 is 29.3 Å². The van der Waals surface area contributed by atoms with Crippen molar-refractivity contribution in [2.75, 3.05) is 5.32 Å². The molecule has 1 aromatic carbocycles. The van der Waals surface area contributed by atoms with Crippen LogP contribution >= 0.6 is 0 Å². The molecule has 1 aromatic heterocycles. The van der Waals surface area contributed by atoms with E-state index >= 15 is 0 Å². The Morgan fingerprint density at radius 1 is 1.28 bits per heavy atom. The Balaban J connectivity index is 2.08. The highest BCUT2D eigenvalue weighted by Gasteiger charge is 2.36. The summed E-state index contributed by atoms with van der Waals surface area (Å²) < 4.78 is 49.5. The van der Waals surface area contributed by atoms with E-state index in [-0.39, 0.29) is 0 Å². The maximum Gasteiger partial charge on any atom is 0.418 e. The lowest BCUT2D eigenvalue weighted by Gasteiger charge is -2.16. The Morgan fingerprint density at radius 2 is 1.97 bits per heavy atom. The predicted octanol–water partition coefficient (Wildman–Crippen LogP) is 4.10. The van der Waals surface area contributed by atoms with Crippen molar-refractivity contribution in [2.45, 2.75) is 26.1 Å². The fourth-order valence-electron chi connectivity index (χ4n) is 2.18. The van der Waals surface area contributed by atoms with Crippen LogP contribution in [-0.2, 0) is 20.5 Å². The monoisotopic (exact) mass is 412 g/mol. The molecule has 1 N–H and O–H groups in total. The Morgan fingerprint density at radius 3 is 2.52 bits per heavy atom. The zero-order valence-corrected chi connectivity index (χ0v) is 15.1. The van der Waals surface area contributed by atoms with Crippen LogP contribution in [0.15, 0.2) is 40.8 Å². The molecule has 2 rings (SSSR count). The minimum Gasteiger partial charge on any atom is -0.462 e. The number of nitro benzene ring substituents is 1. The van der Waals surface area contributed by atoms with Gasteiger partial charge in [0.15, 0.2) is 6.10 Å². The highest BCUT2D eigenvalue weighted by molar-refractivity contribution is 5.97. The molecule has 0 aliphatic heterocycles. The number of nitro groups is 1. The Kier molecular flexibility index (Phi) is 6.42. The van der Waals surface area contributed by atoms with Crippen molar-refractivity contribution in [3.8, 4) is 0 Å². The smallest absolute Gasteiger partial charge is 0.418 e. The van der Waals surface area contributed by atoms with Gasteiger partial charge in [-0.15, -0.1) is 0 Å². The average molecular weight is 412 g/mol. The van der Waals surface area contributed by atoms with E-state index in [1.807, 2.05) is 5.32 Å². The molecule has 0 bridgehead atoms. The number of carbonyl (C=O) groups is 2. The number of hydrogen-bond donors (Lipinski definition) is 1. The number of rotatable bonds is 6. The number of hydrogen-bond acceptors (Lipinski definition) is 6. The lowest BCUT2D eigenvalue weighted by atomic mass is 10.1. The molecule has 0 aliphatic rings. The fourth-order valence-corrected chi connectivity index (χ4v) is 2.18. The first-order chi connectivity index (χ1) is 13.5. The first-order valence-electron chi connectivity index (χ1n) is 8.09. The Bertz CT molecular complexity index is 965. The minimum absolute atomic E-state index is 0.306. The fraction of sp³-hybridized carbons (Fsp3) is 0.222. The number of ether oxygens (including phenoxy) is 1. The van der Waals surface area contributed by atoms with Crippen molar-refractivity contribution < 1.29 is 36.8 Å². The summed E-state index contributed by atoms with van der Waals surface area (Å²) >= 11 is 0. The van der Waals surface area contributed by atoms with Gasteiger partial charge in [0.2, 0.25) is 0 Å². The van der Waals surface area contributed by atoms with Crippen LogP contribution in [0.4, 0.5) is 24.5 Å². The minimum atomic E-state index is -4.95. The number of anilines is 1. The van der Waals surface area contributed by atoms with E-state index in [1.165, 1.54) is 6.08 Å². The van der Waals surface area contributed by atoms with Crippen LogP contribution in [-0.4, -0.2) is 22.9 Å². The van der Waals surface area contributed by atoms with E-state index in [4.69, 9.17) is 9.15 Å². The Labute approximate surface area is 162 Å². The van der Waals surface area contributed by atoms with Crippen molar-refractivity contribution in [1.82, 2.24) is 0 Å². The van der Waals surface area contributed by atoms with E-state index in [9.17, 15) is 32.9 Å². The number of amides is 1. The predicted molar refractivity (Wildman–Crippen MR) is 94.8 cm³/mol. The van der Waals surface area contributed by atoms with Gasteiger partial charge in [-0.25, -0.2) is 4.79 Å². The third-order valence-corrected chi connectivity index (χ3v) is 3.58. The topological polar surface area (TPSA) is 112 Å². The van der Waals surface area contributed by atoms with Crippen molar-refractivity contribution in [3.63, 3.8) is 0 Å². The maximum atomic E-state index is 13.1. The van der Waals surface area contributed by atoms with Crippen LogP contribution in [0, 0.1) is 17.0 Å². The van der Waals surface area contributed by atoms with Crippen LogP contribution in [0.2, 0.25) is 0 Å². The summed E-state index contributed by atoms with van der Waals surface area (Å²) in [5.41, 5.74) is -2.88. The summed E-state index contributed by atoms with van der Waals surface area (Å²) in [7, 11) is 0. The highest BCUT2D eigenvalue weighted by Crippen LogP contribution is 2.37. The van der Waals surface area contributed by atoms with Gasteiger partial charge in [0.05, 0.1) is 16.2 Å². The van der Waals surface area contributed by atoms with Crippen LogP contribution in [0.25, 0.3) is 6.08 Å². The largest absolute Gasteiger partial charge is 0.462 e. The molecule has 0 fully saturated rings. The Hall–Kier alpha value is -3.63. The molecule has 0 aliphatic carbocycles. The van der Waals surface area contributed by atoms with Gasteiger partial charge in [0, 0.05) is 18.2 Å². The summed E-state index contributed by atoms with van der Waals surface area (Å²) in [4.78, 5) is 33.5. The van der Waals surface area contributed by atoms with Gasteiger partial charge in [-0.1, -0.05) is 0 Å². The van der Waals surface area contributed by atoms with Crippen molar-refractivity contribution in [2.24, 2.45) is 0 Å². The first kappa shape index (κ1) is 21.7. The second kappa shape index (κ2) is 8.59. The van der Waals surface area contributed by atoms with Crippen LogP contribution in [0.1, 0.15) is 24.0 Å². The maximum absolute atomic E-state index is 13.1. The van der Waals surface area contributed by atoms with Gasteiger partial charge in [-0.05, 0) is 38.1 Å². The van der Waals surface area contributed by atoms with Crippen molar-refractivity contribution in [3.05, 3.63) is 63.6 Å². The lowest BCUT2D eigenvalue weighted by Crippen LogP contribution is -2.30. The molecule has 1 heterocycles. The molecular weight excluding hydrogens is 397 g/mol. The number of esters is 1. The van der Waals surface area contributed by atoms with E-state index in [0.717, 1.165) is 25.1 Å². The van der Waals surface area contributed by atoms with Gasteiger partial charge in [-0.2, -0.15) is 13.2 Å². The molecule has 154 valence electrons. The van der Waals surface area contributed by atoms with Gasteiger partial charge >= 0.3 is 12.1 Å². The molecule has 8 nitrogen and oxygen atoms in total. The van der Waals surface area contributed by atoms with Gasteiger partial charge < -0.3 is 14.5 Å². The van der Waals surface area contributed by atoms with E-state index in [1.54, 1.807) is 19.1 Å². The molecule has 0 saturated carbocycles. The number of carbonyl (C=O) groups excluding carboxylic acids is 2. The van der Waals surface area contributed by atoms with Gasteiger partial charge in [0.1, 0.15) is 11.5 Å². The number of aryl methyl sites for hydroxylation is 1. The van der Waals surface area contributed by atoms with Crippen LogP contribution < -0.4 is 5.32 Å². The molecule has 0 radical (unpaired) electrons. The summed E-state index contributed by atoms with van der Waals surface area (Å²) in [6.45, 7) is 2.87. The molecule has 0 spiro atoms. The van der Waals surface area contributed by atoms with E-state index < -0.39 is 46.0 Å². The summed E-state index contributed by atoms with van der Waals surface area (Å²) in [5, 5.41) is 12.7. The molecule has 29 heavy (non-hydrogen) atoms. The third kappa shape index (κ3) is 5.92. The van der Waals surface area contributed by atoms with Crippen molar-refractivity contribution in [1.29, 1.82) is 0 Å². The summed E-state index contributed by atoms with van der Waals surface area (Å²) in [6, 6.07) is 5.15. The highest BCUT2D eigenvalue weighted by atomic mass is 19.4. The molecule has 1 amide bonds. The van der Waals surface area contributed by atoms with Gasteiger partial charge in [0.25, 0.3) is 11.6 Å². The van der Waals surface area contributed by atoms with E-state index in [0.29, 0.717) is 17.6 Å². The van der Waals surface area contributed by atoms with Crippen LogP contribution in [0.5, 0.6) is 0 Å². The molecule has 1 unspecified atom stereocenters. The summed E-state index contributed by atoms with van der Waals surface area (Å²) in [5.74, 6) is -0.965. The number of nitrogens with zero attached hydrogens (tertiary/aromatic N) is 1. The summed E-state index contributed by atoms with van der Waals surface area (Å²) in [6.07, 6.45) is -4.08.